The van der Waals surface area contributed by atoms with Crippen molar-refractivity contribution in [1.29, 1.82) is 5.26 Å². The number of hydrogen-bond acceptors (Lipinski definition) is 4. The SMILES string of the molecule is N#Cc1ccc2[nH]ncc2c1C1=COC=CO1. The zero-order chi connectivity index (χ0) is 11.7. The highest BCUT2D eigenvalue weighted by molar-refractivity contribution is 5.92. The molecule has 1 aromatic heterocycles. The largest absolute Gasteiger partial charge is 0.465 e. The summed E-state index contributed by atoms with van der Waals surface area (Å²) in [6.45, 7) is 0. The van der Waals surface area contributed by atoms with Crippen LogP contribution in [0.25, 0.3) is 16.7 Å². The predicted octanol–water partition coefficient (Wildman–Crippen LogP) is 2.25. The van der Waals surface area contributed by atoms with Gasteiger partial charge in [-0.05, 0) is 12.1 Å². The number of fused-ring (bicyclic) bond motifs is 1. The van der Waals surface area contributed by atoms with E-state index in [9.17, 15) is 0 Å². The van der Waals surface area contributed by atoms with Crippen LogP contribution in [0, 0.1) is 11.3 Å². The molecule has 0 amide bonds. The van der Waals surface area contributed by atoms with Crippen molar-refractivity contribution < 1.29 is 9.47 Å². The van der Waals surface area contributed by atoms with E-state index in [-0.39, 0.29) is 0 Å². The molecule has 0 saturated heterocycles. The van der Waals surface area contributed by atoms with Gasteiger partial charge in [-0.25, -0.2) is 0 Å². The van der Waals surface area contributed by atoms with E-state index in [2.05, 4.69) is 16.3 Å². The van der Waals surface area contributed by atoms with Gasteiger partial charge in [-0.1, -0.05) is 0 Å². The fourth-order valence-electron chi connectivity index (χ4n) is 1.76. The maximum absolute atomic E-state index is 9.12. The van der Waals surface area contributed by atoms with Gasteiger partial charge in [0.1, 0.15) is 18.8 Å². The number of nitrogens with one attached hydrogen (secondary N) is 1. The molecule has 5 nitrogen and oxygen atoms in total. The van der Waals surface area contributed by atoms with Gasteiger partial charge in [-0.15, -0.1) is 0 Å². The fraction of sp³-hybridized carbons (Fsp3) is 0. The molecular formula is C12H7N3O2. The Hall–Kier alpha value is -2.74. The lowest BCUT2D eigenvalue weighted by Gasteiger charge is -2.11. The van der Waals surface area contributed by atoms with Crippen LogP contribution >= 0.6 is 0 Å². The van der Waals surface area contributed by atoms with Gasteiger partial charge in [0, 0.05) is 10.9 Å². The van der Waals surface area contributed by atoms with Gasteiger partial charge in [0.2, 0.25) is 0 Å². The summed E-state index contributed by atoms with van der Waals surface area (Å²) in [4.78, 5) is 0. The van der Waals surface area contributed by atoms with Gasteiger partial charge in [0.15, 0.2) is 5.76 Å². The number of benzene rings is 1. The summed E-state index contributed by atoms with van der Waals surface area (Å²) >= 11 is 0. The van der Waals surface area contributed by atoms with Crippen LogP contribution in [0.3, 0.4) is 0 Å². The summed E-state index contributed by atoms with van der Waals surface area (Å²) in [6, 6.07) is 5.66. The van der Waals surface area contributed by atoms with Crippen molar-refractivity contribution in [2.45, 2.75) is 0 Å². The van der Waals surface area contributed by atoms with Crippen molar-refractivity contribution in [3.63, 3.8) is 0 Å². The van der Waals surface area contributed by atoms with Gasteiger partial charge in [-0.2, -0.15) is 10.4 Å². The second-order valence-electron chi connectivity index (χ2n) is 3.44. The molecule has 0 saturated carbocycles. The van der Waals surface area contributed by atoms with Gasteiger partial charge >= 0.3 is 0 Å². The van der Waals surface area contributed by atoms with Crippen LogP contribution in [0.1, 0.15) is 11.1 Å². The Bertz CT molecular complexity index is 677. The third-order valence-electron chi connectivity index (χ3n) is 2.50. The Kier molecular flexibility index (Phi) is 2.06. The van der Waals surface area contributed by atoms with Crippen LogP contribution in [-0.2, 0) is 9.47 Å². The van der Waals surface area contributed by atoms with Crippen molar-refractivity contribution in [2.24, 2.45) is 0 Å². The lowest BCUT2D eigenvalue weighted by atomic mass is 10.0. The highest BCUT2D eigenvalue weighted by Gasteiger charge is 2.16. The van der Waals surface area contributed by atoms with Crippen LogP contribution in [0.5, 0.6) is 0 Å². The highest BCUT2D eigenvalue weighted by atomic mass is 16.5. The minimum absolute atomic E-state index is 0.496. The Morgan fingerprint density at radius 1 is 1.29 bits per heavy atom. The first-order chi connectivity index (χ1) is 8.40. The van der Waals surface area contributed by atoms with Gasteiger partial charge in [0.25, 0.3) is 0 Å². The Labute approximate surface area is 96.6 Å². The molecule has 5 heteroatoms. The average molecular weight is 225 g/mol. The summed E-state index contributed by atoms with van der Waals surface area (Å²) < 4.78 is 10.4. The highest BCUT2D eigenvalue weighted by Crippen LogP contribution is 2.29. The van der Waals surface area contributed by atoms with E-state index >= 15 is 0 Å². The first-order valence-corrected chi connectivity index (χ1v) is 4.94. The molecule has 2 heterocycles. The number of ether oxygens (including phenoxy) is 2. The number of nitrogens with zero attached hydrogens (tertiary/aromatic N) is 2. The molecule has 0 fully saturated rings. The molecular weight excluding hydrogens is 218 g/mol. The minimum Gasteiger partial charge on any atom is -0.465 e. The molecule has 3 rings (SSSR count). The summed E-state index contributed by atoms with van der Waals surface area (Å²) in [5.41, 5.74) is 2.05. The summed E-state index contributed by atoms with van der Waals surface area (Å²) in [5.74, 6) is 0.496. The van der Waals surface area contributed by atoms with E-state index in [0.29, 0.717) is 16.9 Å². The van der Waals surface area contributed by atoms with E-state index in [1.165, 1.54) is 18.8 Å². The maximum atomic E-state index is 9.12. The molecule has 1 aromatic carbocycles. The standard InChI is InChI=1S/C12H7N3O2/c13-5-8-1-2-10-9(6-14-15-10)12(8)11-7-16-3-4-17-11/h1-4,6-7H,(H,14,15). The molecule has 1 N–H and O–H groups in total. The Morgan fingerprint density at radius 3 is 3.00 bits per heavy atom. The fourth-order valence-corrected chi connectivity index (χ4v) is 1.76. The number of H-pyrrole nitrogens is 1. The Morgan fingerprint density at radius 2 is 2.24 bits per heavy atom. The van der Waals surface area contributed by atoms with Crippen LogP contribution in [0.15, 0.2) is 37.1 Å². The van der Waals surface area contributed by atoms with Crippen molar-refractivity contribution in [1.82, 2.24) is 10.2 Å². The van der Waals surface area contributed by atoms with E-state index in [4.69, 9.17) is 14.7 Å². The number of nitriles is 1. The van der Waals surface area contributed by atoms with Crippen LogP contribution < -0.4 is 0 Å². The Balaban J connectivity index is 2.28. The number of aromatic nitrogens is 2. The molecule has 1 aliphatic heterocycles. The molecule has 0 unspecified atom stereocenters. The van der Waals surface area contributed by atoms with E-state index in [1.807, 2.05) is 6.07 Å². The summed E-state index contributed by atoms with van der Waals surface area (Å²) in [7, 11) is 0. The van der Waals surface area contributed by atoms with Crippen molar-refractivity contribution >= 4 is 16.7 Å². The molecule has 0 aliphatic carbocycles. The zero-order valence-electron chi connectivity index (χ0n) is 8.68. The lowest BCUT2D eigenvalue weighted by Crippen LogP contribution is -1.96. The predicted molar refractivity (Wildman–Crippen MR) is 60.1 cm³/mol. The number of hydrogen-bond donors (Lipinski definition) is 1. The first kappa shape index (κ1) is 9.48. The second kappa shape index (κ2) is 3.68. The van der Waals surface area contributed by atoms with Gasteiger partial charge in [-0.3, -0.25) is 5.10 Å². The maximum Gasteiger partial charge on any atom is 0.170 e. The molecule has 1 aliphatic rings. The topological polar surface area (TPSA) is 70.9 Å². The van der Waals surface area contributed by atoms with Crippen molar-refractivity contribution in [3.05, 3.63) is 48.2 Å². The third-order valence-corrected chi connectivity index (χ3v) is 2.50. The molecule has 17 heavy (non-hydrogen) atoms. The van der Waals surface area contributed by atoms with Crippen LogP contribution in [0.4, 0.5) is 0 Å². The van der Waals surface area contributed by atoms with E-state index in [1.54, 1.807) is 12.3 Å². The van der Waals surface area contributed by atoms with Crippen LogP contribution in [-0.4, -0.2) is 10.2 Å². The van der Waals surface area contributed by atoms with E-state index < -0.39 is 0 Å². The molecule has 0 bridgehead atoms. The molecule has 82 valence electrons. The molecule has 0 spiro atoms. The van der Waals surface area contributed by atoms with E-state index in [0.717, 1.165) is 10.9 Å². The molecule has 2 aromatic rings. The third kappa shape index (κ3) is 1.43. The van der Waals surface area contributed by atoms with Crippen LogP contribution in [0.2, 0.25) is 0 Å². The minimum atomic E-state index is 0.496. The van der Waals surface area contributed by atoms with Gasteiger partial charge in [0.05, 0.1) is 23.3 Å². The van der Waals surface area contributed by atoms with Crippen molar-refractivity contribution in [2.75, 3.05) is 0 Å². The average Bonchev–Trinajstić information content (AvgIpc) is 2.86. The van der Waals surface area contributed by atoms with Crippen molar-refractivity contribution in [3.8, 4) is 6.07 Å². The normalized spacial score (nSPS) is 13.7. The summed E-state index contributed by atoms with van der Waals surface area (Å²) in [6.07, 6.45) is 5.97. The molecule has 0 radical (unpaired) electrons. The second-order valence-corrected chi connectivity index (χ2v) is 3.44. The zero-order valence-corrected chi connectivity index (χ0v) is 8.68. The summed E-state index contributed by atoms with van der Waals surface area (Å²) in [5, 5.41) is 16.8. The molecule has 0 atom stereocenters. The van der Waals surface area contributed by atoms with Gasteiger partial charge < -0.3 is 9.47 Å². The quantitative estimate of drug-likeness (QED) is 0.807. The smallest absolute Gasteiger partial charge is 0.170 e. The monoisotopic (exact) mass is 225 g/mol. The first-order valence-electron chi connectivity index (χ1n) is 4.94. The number of rotatable bonds is 1. The number of aromatic amines is 1. The lowest BCUT2D eigenvalue weighted by molar-refractivity contribution is 0.312.